The number of aromatic amines is 1. The fourth-order valence-corrected chi connectivity index (χ4v) is 1.62. The smallest absolute Gasteiger partial charge is 0.359 e. The Kier molecular flexibility index (Phi) is 3.44. The van der Waals surface area contributed by atoms with Gasteiger partial charge in [-0.2, -0.15) is 5.10 Å². The van der Waals surface area contributed by atoms with Crippen molar-refractivity contribution in [2.45, 2.75) is 6.92 Å². The molecule has 0 aliphatic carbocycles. The van der Waals surface area contributed by atoms with Gasteiger partial charge in [-0.1, -0.05) is 23.7 Å². The summed E-state index contributed by atoms with van der Waals surface area (Å²) in [5.74, 6) is -0.432. The minimum atomic E-state index is -0.432. The van der Waals surface area contributed by atoms with Crippen molar-refractivity contribution in [2.75, 3.05) is 6.61 Å². The molecule has 0 spiro atoms. The Hall–Kier alpha value is -1.81. The van der Waals surface area contributed by atoms with Crippen LogP contribution in [-0.2, 0) is 4.74 Å². The second kappa shape index (κ2) is 5.01. The third-order valence-corrected chi connectivity index (χ3v) is 2.52. The summed E-state index contributed by atoms with van der Waals surface area (Å²) in [4.78, 5) is 11.6. The summed E-state index contributed by atoms with van der Waals surface area (Å²) < 4.78 is 4.92. The van der Waals surface area contributed by atoms with Crippen LogP contribution < -0.4 is 0 Å². The second-order valence-corrected chi connectivity index (χ2v) is 3.81. The molecule has 0 bridgehead atoms. The maximum atomic E-state index is 11.6. The molecule has 0 aliphatic heterocycles. The molecule has 4 nitrogen and oxygen atoms in total. The molecular weight excluding hydrogens is 240 g/mol. The highest BCUT2D eigenvalue weighted by molar-refractivity contribution is 6.30. The number of hydrogen-bond donors (Lipinski definition) is 1. The number of H-pyrrole nitrogens is 1. The third kappa shape index (κ3) is 2.47. The highest BCUT2D eigenvalue weighted by Gasteiger charge is 2.16. The van der Waals surface area contributed by atoms with Crippen LogP contribution in [0.3, 0.4) is 0 Å². The normalized spacial score (nSPS) is 10.2. The Morgan fingerprint density at radius 3 is 2.76 bits per heavy atom. The molecule has 0 saturated heterocycles. The largest absolute Gasteiger partial charge is 0.461 e. The van der Waals surface area contributed by atoms with Crippen molar-refractivity contribution in [3.05, 3.63) is 41.2 Å². The lowest BCUT2D eigenvalue weighted by Crippen LogP contribution is -2.06. The highest BCUT2D eigenvalue weighted by Crippen LogP contribution is 2.24. The van der Waals surface area contributed by atoms with E-state index >= 15 is 0 Å². The number of halogens is 1. The first-order valence-corrected chi connectivity index (χ1v) is 5.57. The van der Waals surface area contributed by atoms with Gasteiger partial charge < -0.3 is 4.74 Å². The van der Waals surface area contributed by atoms with Gasteiger partial charge in [-0.05, 0) is 24.6 Å². The molecule has 0 radical (unpaired) electrons. The van der Waals surface area contributed by atoms with Gasteiger partial charge in [0.2, 0.25) is 0 Å². The van der Waals surface area contributed by atoms with Crippen molar-refractivity contribution >= 4 is 17.6 Å². The average Bonchev–Trinajstić information content (AvgIpc) is 2.79. The van der Waals surface area contributed by atoms with Crippen LogP contribution in [0, 0.1) is 0 Å². The predicted octanol–water partition coefficient (Wildman–Crippen LogP) is 2.91. The first kappa shape index (κ1) is 11.7. The van der Waals surface area contributed by atoms with Crippen molar-refractivity contribution in [3.63, 3.8) is 0 Å². The van der Waals surface area contributed by atoms with Gasteiger partial charge in [0.15, 0.2) is 5.69 Å². The summed E-state index contributed by atoms with van der Waals surface area (Å²) in [6.45, 7) is 2.08. The van der Waals surface area contributed by atoms with Crippen LogP contribution in [0.5, 0.6) is 0 Å². The van der Waals surface area contributed by atoms with Crippen molar-refractivity contribution in [1.29, 1.82) is 0 Å². The molecule has 1 aromatic heterocycles. The molecular formula is C12H11ClN2O2. The molecule has 0 atom stereocenters. The molecule has 2 aromatic rings. The molecule has 88 valence electrons. The Labute approximate surface area is 104 Å². The summed E-state index contributed by atoms with van der Waals surface area (Å²) in [6.07, 6.45) is 1.66. The molecule has 1 heterocycles. The molecule has 0 aliphatic rings. The van der Waals surface area contributed by atoms with Gasteiger partial charge in [-0.3, -0.25) is 5.10 Å². The van der Waals surface area contributed by atoms with E-state index in [1.807, 2.05) is 12.1 Å². The quantitative estimate of drug-likeness (QED) is 0.852. The Morgan fingerprint density at radius 2 is 2.12 bits per heavy atom. The van der Waals surface area contributed by atoms with E-state index in [0.29, 0.717) is 17.2 Å². The summed E-state index contributed by atoms with van der Waals surface area (Å²) in [5, 5.41) is 7.22. The first-order valence-electron chi connectivity index (χ1n) is 5.19. The molecule has 5 heteroatoms. The minimum Gasteiger partial charge on any atom is -0.461 e. The van der Waals surface area contributed by atoms with Gasteiger partial charge in [-0.25, -0.2) is 4.79 Å². The lowest BCUT2D eigenvalue weighted by molar-refractivity contribution is 0.0520. The van der Waals surface area contributed by atoms with Crippen LogP contribution >= 0.6 is 11.6 Å². The number of benzene rings is 1. The molecule has 1 N–H and O–H groups in total. The van der Waals surface area contributed by atoms with E-state index in [-0.39, 0.29) is 5.69 Å². The number of nitrogens with zero attached hydrogens (tertiary/aromatic N) is 1. The maximum absolute atomic E-state index is 11.6. The van der Waals surface area contributed by atoms with Crippen molar-refractivity contribution in [1.82, 2.24) is 10.2 Å². The Bertz CT molecular complexity index is 520. The maximum Gasteiger partial charge on any atom is 0.359 e. The zero-order valence-electron chi connectivity index (χ0n) is 9.24. The van der Waals surface area contributed by atoms with Crippen LogP contribution in [0.4, 0.5) is 0 Å². The molecule has 0 saturated carbocycles. The molecule has 0 amide bonds. The lowest BCUT2D eigenvalue weighted by atomic mass is 10.1. The van der Waals surface area contributed by atoms with Crippen LogP contribution in [0.2, 0.25) is 5.02 Å². The van der Waals surface area contributed by atoms with Crippen LogP contribution in [0.1, 0.15) is 17.4 Å². The van der Waals surface area contributed by atoms with Crippen molar-refractivity contribution in [3.8, 4) is 11.1 Å². The van der Waals surface area contributed by atoms with Crippen molar-refractivity contribution < 1.29 is 9.53 Å². The van der Waals surface area contributed by atoms with Gasteiger partial charge >= 0.3 is 5.97 Å². The second-order valence-electron chi connectivity index (χ2n) is 3.37. The number of hydrogen-bond acceptors (Lipinski definition) is 3. The standard InChI is InChI=1S/C12H11ClN2O2/c1-2-17-12(16)11-10(7-14-15-11)8-3-5-9(13)6-4-8/h3-7H,2H2,1H3,(H,14,15). The molecule has 1 aromatic carbocycles. The topological polar surface area (TPSA) is 55.0 Å². The number of esters is 1. The fourth-order valence-electron chi connectivity index (χ4n) is 1.49. The summed E-state index contributed by atoms with van der Waals surface area (Å²) in [6, 6.07) is 7.18. The highest BCUT2D eigenvalue weighted by atomic mass is 35.5. The van der Waals surface area contributed by atoms with E-state index < -0.39 is 5.97 Å². The van der Waals surface area contributed by atoms with Crippen LogP contribution in [-0.4, -0.2) is 22.8 Å². The molecule has 17 heavy (non-hydrogen) atoms. The zero-order chi connectivity index (χ0) is 12.3. The van der Waals surface area contributed by atoms with Crippen molar-refractivity contribution in [2.24, 2.45) is 0 Å². The number of ether oxygens (including phenoxy) is 1. The summed E-state index contributed by atoms with van der Waals surface area (Å²) >= 11 is 5.81. The van der Waals surface area contributed by atoms with E-state index in [1.165, 1.54) is 0 Å². The van der Waals surface area contributed by atoms with E-state index in [1.54, 1.807) is 25.3 Å². The third-order valence-electron chi connectivity index (χ3n) is 2.26. The van der Waals surface area contributed by atoms with E-state index in [9.17, 15) is 4.79 Å². The molecule has 2 rings (SSSR count). The van der Waals surface area contributed by atoms with Crippen LogP contribution in [0.25, 0.3) is 11.1 Å². The number of rotatable bonds is 3. The van der Waals surface area contributed by atoms with Gasteiger partial charge in [-0.15, -0.1) is 0 Å². The van der Waals surface area contributed by atoms with Gasteiger partial charge in [0.05, 0.1) is 6.61 Å². The monoisotopic (exact) mass is 250 g/mol. The van der Waals surface area contributed by atoms with Gasteiger partial charge in [0.25, 0.3) is 0 Å². The average molecular weight is 251 g/mol. The number of aromatic nitrogens is 2. The number of carbonyl (C=O) groups is 1. The predicted molar refractivity (Wildman–Crippen MR) is 65.0 cm³/mol. The number of nitrogens with one attached hydrogen (secondary N) is 1. The van der Waals surface area contributed by atoms with E-state index in [2.05, 4.69) is 10.2 Å². The SMILES string of the molecule is CCOC(=O)c1n[nH]cc1-c1ccc(Cl)cc1. The molecule has 0 unspecified atom stereocenters. The first-order chi connectivity index (χ1) is 8.22. The minimum absolute atomic E-state index is 0.286. The molecule has 0 fully saturated rings. The van der Waals surface area contributed by atoms with Gasteiger partial charge in [0.1, 0.15) is 0 Å². The summed E-state index contributed by atoms with van der Waals surface area (Å²) in [5.41, 5.74) is 1.86. The van der Waals surface area contributed by atoms with E-state index in [4.69, 9.17) is 16.3 Å². The number of carbonyl (C=O) groups excluding carboxylic acids is 1. The van der Waals surface area contributed by atoms with Gasteiger partial charge in [0, 0.05) is 16.8 Å². The Morgan fingerprint density at radius 1 is 1.41 bits per heavy atom. The lowest BCUT2D eigenvalue weighted by Gasteiger charge is -2.02. The zero-order valence-corrected chi connectivity index (χ0v) is 9.99. The fraction of sp³-hybridized carbons (Fsp3) is 0.167. The van der Waals surface area contributed by atoms with E-state index in [0.717, 1.165) is 5.56 Å². The Balaban J connectivity index is 2.36. The van der Waals surface area contributed by atoms with Crippen LogP contribution in [0.15, 0.2) is 30.5 Å². The summed E-state index contributed by atoms with van der Waals surface area (Å²) in [7, 11) is 0.